The van der Waals surface area contributed by atoms with E-state index in [4.69, 9.17) is 14.5 Å². The zero-order valence-electron chi connectivity index (χ0n) is 29.0. The number of para-hydroxylation sites is 1. The van der Waals surface area contributed by atoms with Gasteiger partial charge in [0.15, 0.2) is 0 Å². The largest absolute Gasteiger partial charge is 0.489 e. The molecule has 4 rings (SSSR count). The maximum absolute atomic E-state index is 13.7. The number of carboxylic acids is 1. The number of carboxylic acid groups (broad SMARTS) is 2. The van der Waals surface area contributed by atoms with Gasteiger partial charge in [0.05, 0.1) is 17.6 Å². The number of nitrogens with zero attached hydrogens (tertiary/aromatic N) is 3. The third kappa shape index (κ3) is 9.49. The molecule has 3 N–H and O–H groups in total. The number of pyridine rings is 1. The lowest BCUT2D eigenvalue weighted by Crippen LogP contribution is -2.56. The quantitative estimate of drug-likeness (QED) is 0.210. The van der Waals surface area contributed by atoms with E-state index in [1.807, 2.05) is 24.3 Å². The van der Waals surface area contributed by atoms with Gasteiger partial charge in [0, 0.05) is 24.9 Å². The Morgan fingerprint density at radius 1 is 1.04 bits per heavy atom. The van der Waals surface area contributed by atoms with Crippen LogP contribution in [0.15, 0.2) is 24.3 Å². The molecular weight excluding hydrogens is 600 g/mol. The molecule has 2 amide bonds. The van der Waals surface area contributed by atoms with Gasteiger partial charge in [-0.25, -0.2) is 14.6 Å². The second-order valence-corrected chi connectivity index (χ2v) is 14.5. The molecule has 47 heavy (non-hydrogen) atoms. The molecule has 2 aliphatic heterocycles. The molecule has 0 radical (unpaired) electrons. The van der Waals surface area contributed by atoms with E-state index < -0.39 is 41.6 Å². The van der Waals surface area contributed by atoms with E-state index in [0.717, 1.165) is 67.4 Å². The number of benzene rings is 1. The molecule has 0 spiro atoms. The number of likely N-dealkylation sites (tertiary alicyclic amines) is 2. The molecule has 3 heterocycles. The highest BCUT2D eigenvalue weighted by atomic mass is 16.5. The summed E-state index contributed by atoms with van der Waals surface area (Å²) in [6, 6.07) is 5.58. The van der Waals surface area contributed by atoms with E-state index in [0.29, 0.717) is 18.2 Å². The molecule has 260 valence electrons. The van der Waals surface area contributed by atoms with Gasteiger partial charge in [0.2, 0.25) is 11.8 Å². The summed E-state index contributed by atoms with van der Waals surface area (Å²) in [5, 5.41) is 22.8. The highest BCUT2D eigenvalue weighted by Gasteiger charge is 2.46. The van der Waals surface area contributed by atoms with Gasteiger partial charge in [0.25, 0.3) is 0 Å². The van der Waals surface area contributed by atoms with Crippen LogP contribution in [-0.4, -0.2) is 93.9 Å². The number of carbonyl (C=O) groups is 3. The fourth-order valence-corrected chi connectivity index (χ4v) is 6.55. The molecule has 1 aromatic heterocycles. The summed E-state index contributed by atoms with van der Waals surface area (Å²) in [5.74, 6) is 0.136. The predicted molar refractivity (Wildman–Crippen MR) is 181 cm³/mol. The lowest BCUT2D eigenvalue weighted by Gasteiger charge is -2.34. The van der Waals surface area contributed by atoms with Crippen molar-refractivity contribution in [2.45, 2.75) is 117 Å². The van der Waals surface area contributed by atoms with Gasteiger partial charge in [0.1, 0.15) is 30.0 Å². The summed E-state index contributed by atoms with van der Waals surface area (Å²) in [6.07, 6.45) is 6.11. The summed E-state index contributed by atoms with van der Waals surface area (Å²) >= 11 is 0. The fourth-order valence-electron chi connectivity index (χ4n) is 6.55. The first kappa shape index (κ1) is 36.2. The number of hydrogen-bond donors (Lipinski definition) is 3. The molecule has 0 saturated carbocycles. The Morgan fingerprint density at radius 3 is 2.38 bits per heavy atom. The first-order chi connectivity index (χ1) is 22.3. The van der Waals surface area contributed by atoms with Crippen molar-refractivity contribution < 1.29 is 34.1 Å². The monoisotopic (exact) mass is 654 g/mol. The third-order valence-corrected chi connectivity index (χ3v) is 9.66. The van der Waals surface area contributed by atoms with Gasteiger partial charge in [-0.15, -0.1) is 0 Å². The number of hydrogen-bond acceptors (Lipinski definition) is 7. The average Bonchev–Trinajstić information content (AvgIpc) is 3.45. The first-order valence-electron chi connectivity index (χ1n) is 17.2. The van der Waals surface area contributed by atoms with Crippen molar-refractivity contribution in [3.05, 3.63) is 29.8 Å². The third-order valence-electron chi connectivity index (χ3n) is 9.66. The zero-order chi connectivity index (χ0) is 34.3. The second-order valence-electron chi connectivity index (χ2n) is 14.5. The smallest absolute Gasteiger partial charge is 0.405 e. The van der Waals surface area contributed by atoms with Crippen LogP contribution < -0.4 is 14.8 Å². The Morgan fingerprint density at radius 2 is 1.74 bits per heavy atom. The van der Waals surface area contributed by atoms with E-state index >= 15 is 0 Å². The van der Waals surface area contributed by atoms with E-state index in [9.17, 15) is 24.6 Å². The number of fused-ring (bicyclic) bond motifs is 1. The van der Waals surface area contributed by atoms with Crippen LogP contribution in [0.3, 0.4) is 0 Å². The van der Waals surface area contributed by atoms with Gasteiger partial charge in [-0.2, -0.15) is 0 Å². The summed E-state index contributed by atoms with van der Waals surface area (Å²) in [7, 11) is 2.12. The number of piperidine rings is 1. The Hall–Kier alpha value is -3.60. The van der Waals surface area contributed by atoms with Gasteiger partial charge < -0.3 is 34.8 Å². The maximum atomic E-state index is 13.7. The molecule has 2 aromatic rings. The molecule has 2 fully saturated rings. The van der Waals surface area contributed by atoms with E-state index in [1.54, 1.807) is 20.8 Å². The molecule has 4 atom stereocenters. The molecular formula is C36H54N4O7. The van der Waals surface area contributed by atoms with Gasteiger partial charge in [-0.05, 0) is 56.2 Å². The average molecular weight is 655 g/mol. The predicted octanol–water partition coefficient (Wildman–Crippen LogP) is 5.97. The minimum absolute atomic E-state index is 0.00230. The van der Waals surface area contributed by atoms with Crippen LogP contribution in [0.2, 0.25) is 0 Å². The molecule has 1 aromatic carbocycles. The van der Waals surface area contributed by atoms with E-state index in [1.165, 1.54) is 17.7 Å². The van der Waals surface area contributed by atoms with Crippen LogP contribution in [0.1, 0.15) is 91.5 Å². The van der Waals surface area contributed by atoms with Crippen LogP contribution >= 0.6 is 0 Å². The van der Waals surface area contributed by atoms with Crippen molar-refractivity contribution in [1.29, 1.82) is 0 Å². The van der Waals surface area contributed by atoms with Gasteiger partial charge >= 0.3 is 12.1 Å². The molecule has 11 heteroatoms. The van der Waals surface area contributed by atoms with Crippen molar-refractivity contribution in [2.75, 3.05) is 26.7 Å². The summed E-state index contributed by atoms with van der Waals surface area (Å²) < 4.78 is 13.4. The lowest BCUT2D eigenvalue weighted by atomic mass is 9.85. The highest BCUT2D eigenvalue weighted by molar-refractivity contribution is 5.90. The van der Waals surface area contributed by atoms with Crippen LogP contribution in [0.5, 0.6) is 11.6 Å². The van der Waals surface area contributed by atoms with Crippen LogP contribution in [0.25, 0.3) is 10.9 Å². The van der Waals surface area contributed by atoms with Crippen LogP contribution in [0, 0.1) is 11.3 Å². The summed E-state index contributed by atoms with van der Waals surface area (Å²) in [4.78, 5) is 46.1. The molecule has 0 bridgehead atoms. The number of ether oxygens (including phenoxy) is 2. The molecule has 2 aliphatic rings. The number of aromatic nitrogens is 1. The van der Waals surface area contributed by atoms with E-state index in [2.05, 4.69) is 31.1 Å². The number of unbranched alkanes of at least 4 members (excludes halogenated alkanes) is 2. The normalized spacial score (nSPS) is 20.6. The van der Waals surface area contributed by atoms with Crippen molar-refractivity contribution >= 4 is 28.9 Å². The second kappa shape index (κ2) is 16.0. The standard InChI is InChI=1S/C36H54N4O7/c1-7-23(2)13-9-8-10-15-27-30(46-24-17-19-39(6)20-18-24)26-14-11-12-16-28(26)37-32(27)47-25-21-29(34(42)43)40(22-25)33(41)31(36(3,4)5)38-35(44)45/h11-12,14,16,23-25,29,31,38H,7-10,13,15,17-22H2,1-6H3,(H,42,43)(H,44,45). The summed E-state index contributed by atoms with van der Waals surface area (Å²) in [6.45, 7) is 11.6. The minimum Gasteiger partial charge on any atom is -0.489 e. The number of nitrogens with one attached hydrogen (secondary N) is 1. The number of amides is 2. The number of carbonyl (C=O) groups excluding carboxylic acids is 1. The minimum atomic E-state index is -1.34. The Bertz CT molecular complexity index is 1390. The topological polar surface area (TPSA) is 142 Å². The SMILES string of the molecule is CCC(C)CCCCCc1c(OC2CC(C(=O)O)N(C(=O)C(NC(=O)O)C(C)(C)C)C2)nc2ccccc2c1OC1CCN(C)CC1. The zero-order valence-corrected chi connectivity index (χ0v) is 29.0. The van der Waals surface area contributed by atoms with Crippen molar-refractivity contribution in [3.8, 4) is 11.6 Å². The Labute approximate surface area is 279 Å². The van der Waals surface area contributed by atoms with E-state index in [-0.39, 0.29) is 19.1 Å². The van der Waals surface area contributed by atoms with Crippen molar-refractivity contribution in [3.63, 3.8) is 0 Å². The molecule has 11 nitrogen and oxygen atoms in total. The highest BCUT2D eigenvalue weighted by Crippen LogP contribution is 2.39. The Kier molecular flexibility index (Phi) is 12.3. The van der Waals surface area contributed by atoms with Crippen molar-refractivity contribution in [1.82, 2.24) is 20.1 Å². The number of aliphatic carboxylic acids is 1. The Balaban J connectivity index is 1.66. The van der Waals surface area contributed by atoms with Gasteiger partial charge in [-0.1, -0.05) is 72.4 Å². The molecule has 2 saturated heterocycles. The fraction of sp³-hybridized carbons (Fsp3) is 0.667. The van der Waals surface area contributed by atoms with Crippen LogP contribution in [0.4, 0.5) is 4.79 Å². The maximum Gasteiger partial charge on any atom is 0.405 e. The van der Waals surface area contributed by atoms with Crippen molar-refractivity contribution in [2.24, 2.45) is 11.3 Å². The molecule has 0 aliphatic carbocycles. The van der Waals surface area contributed by atoms with Gasteiger partial charge in [-0.3, -0.25) is 4.79 Å². The lowest BCUT2D eigenvalue weighted by molar-refractivity contribution is -0.150. The number of rotatable bonds is 14. The molecule has 4 unspecified atom stereocenters. The first-order valence-corrected chi connectivity index (χ1v) is 17.2. The van der Waals surface area contributed by atoms with Crippen LogP contribution in [-0.2, 0) is 16.0 Å². The summed E-state index contributed by atoms with van der Waals surface area (Å²) in [5.41, 5.74) is 0.827.